The first-order chi connectivity index (χ1) is 26.3. The Morgan fingerprint density at radius 2 is 1.17 bits per heavy atom. The van der Waals surface area contributed by atoms with Crippen LogP contribution in [-0.2, 0) is 0 Å². The highest BCUT2D eigenvalue weighted by atomic mass is 32.2. The van der Waals surface area contributed by atoms with Crippen molar-refractivity contribution >= 4 is 85.1 Å². The molecule has 1 aromatic heterocycles. The van der Waals surface area contributed by atoms with Crippen molar-refractivity contribution in [3.63, 3.8) is 0 Å². The minimum absolute atomic E-state index is 0.106. The van der Waals surface area contributed by atoms with Gasteiger partial charge >= 0.3 is 0 Å². The first kappa shape index (κ1) is 29.2. The number of nitrogens with one attached hydrogen (secondary N) is 1. The van der Waals surface area contributed by atoms with Crippen molar-refractivity contribution in [2.75, 3.05) is 10.2 Å². The van der Waals surface area contributed by atoms with Gasteiger partial charge in [-0.3, -0.25) is 0 Å². The van der Waals surface area contributed by atoms with Gasteiger partial charge in [0.15, 0.2) is 0 Å². The van der Waals surface area contributed by atoms with E-state index >= 15 is 0 Å². The van der Waals surface area contributed by atoms with Crippen LogP contribution in [0.15, 0.2) is 186 Å². The molecule has 0 unspecified atom stereocenters. The lowest BCUT2D eigenvalue weighted by Crippen LogP contribution is -2.59. The molecule has 246 valence electrons. The van der Waals surface area contributed by atoms with Gasteiger partial charge in [-0.2, -0.15) is 0 Å². The van der Waals surface area contributed by atoms with Crippen molar-refractivity contribution in [1.29, 1.82) is 0 Å². The third-order valence-corrected chi connectivity index (χ3v) is 12.5. The van der Waals surface area contributed by atoms with Crippen LogP contribution >= 0.6 is 11.8 Å². The standard InChI is InChI=1S/C48H30BN3S/c1-2-12-31(13-3-1)34-15-10-17-37-47(34)50-39-28-32(29-43-46(39)49(37)38-18-11-16-36-35-14-4-5-19-40(35)52(43)48(36)38)30-24-26-33(27-25-30)51-41-20-6-8-22-44(41)53-45-23-9-7-21-42(45)51/h1-29,50H. The number of benzene rings is 8. The van der Waals surface area contributed by atoms with Gasteiger partial charge in [-0.15, -0.1) is 0 Å². The maximum Gasteiger partial charge on any atom is 0.252 e. The number of anilines is 5. The Morgan fingerprint density at radius 3 is 1.98 bits per heavy atom. The van der Waals surface area contributed by atoms with Crippen LogP contribution in [0, 0.1) is 0 Å². The van der Waals surface area contributed by atoms with E-state index < -0.39 is 0 Å². The molecule has 3 aliphatic rings. The summed E-state index contributed by atoms with van der Waals surface area (Å²) in [6, 6.07) is 64.7. The molecule has 3 nitrogen and oxygen atoms in total. The molecule has 1 N–H and O–H groups in total. The van der Waals surface area contributed by atoms with E-state index in [4.69, 9.17) is 0 Å². The summed E-state index contributed by atoms with van der Waals surface area (Å²) in [5.41, 5.74) is 18.6. The maximum absolute atomic E-state index is 4.02. The lowest BCUT2D eigenvalue weighted by atomic mass is 9.34. The van der Waals surface area contributed by atoms with Crippen LogP contribution in [0.4, 0.5) is 28.4 Å². The number of hydrogen-bond acceptors (Lipinski definition) is 3. The fourth-order valence-corrected chi connectivity index (χ4v) is 10.2. The fourth-order valence-electron chi connectivity index (χ4n) is 9.13. The van der Waals surface area contributed by atoms with Gasteiger partial charge in [-0.1, -0.05) is 133 Å². The topological polar surface area (TPSA) is 20.2 Å². The molecule has 0 saturated carbocycles. The lowest BCUT2D eigenvalue weighted by Gasteiger charge is -2.35. The summed E-state index contributed by atoms with van der Waals surface area (Å²) in [7, 11) is 0. The van der Waals surface area contributed by atoms with Crippen molar-refractivity contribution < 1.29 is 0 Å². The molecule has 0 spiro atoms. The Hall–Kier alpha value is -6.43. The zero-order valence-electron chi connectivity index (χ0n) is 28.6. The van der Waals surface area contributed by atoms with Gasteiger partial charge in [-0.25, -0.2) is 0 Å². The zero-order valence-corrected chi connectivity index (χ0v) is 29.4. The van der Waals surface area contributed by atoms with Gasteiger partial charge in [0, 0.05) is 54.4 Å². The van der Waals surface area contributed by atoms with Crippen molar-refractivity contribution in [1.82, 2.24) is 4.57 Å². The van der Waals surface area contributed by atoms with E-state index in [1.807, 2.05) is 11.8 Å². The molecule has 0 saturated heterocycles. The first-order valence-electron chi connectivity index (χ1n) is 18.2. The summed E-state index contributed by atoms with van der Waals surface area (Å²) in [4.78, 5) is 4.94. The molecule has 0 aliphatic carbocycles. The van der Waals surface area contributed by atoms with E-state index in [2.05, 4.69) is 191 Å². The Bertz CT molecular complexity index is 2920. The first-order valence-corrected chi connectivity index (χ1v) is 19.0. The summed E-state index contributed by atoms with van der Waals surface area (Å²) in [6.45, 7) is 0.106. The molecule has 0 amide bonds. The highest BCUT2D eigenvalue weighted by molar-refractivity contribution is 7.99. The number of para-hydroxylation sites is 5. The molecule has 12 rings (SSSR count). The van der Waals surface area contributed by atoms with Crippen LogP contribution in [0.25, 0.3) is 49.7 Å². The SMILES string of the molecule is c1ccc(-c2cccc3c2Nc2cc(-c4ccc(N5c6ccccc6Sc6ccccc65)cc4)cc4c2B3c2cccc3c5ccccc5n-4c23)cc1. The fraction of sp³-hybridized carbons (Fsp3) is 0. The van der Waals surface area contributed by atoms with Crippen molar-refractivity contribution in [3.05, 3.63) is 176 Å². The molecule has 0 atom stereocenters. The van der Waals surface area contributed by atoms with Crippen LogP contribution < -0.4 is 26.6 Å². The number of rotatable bonds is 3. The van der Waals surface area contributed by atoms with Crippen LogP contribution in [0.5, 0.6) is 0 Å². The molecule has 8 aromatic carbocycles. The largest absolute Gasteiger partial charge is 0.356 e. The van der Waals surface area contributed by atoms with Gasteiger partial charge < -0.3 is 14.8 Å². The van der Waals surface area contributed by atoms with E-state index in [1.165, 1.54) is 98.7 Å². The minimum atomic E-state index is 0.106. The number of hydrogen-bond donors (Lipinski definition) is 1. The number of fused-ring (bicyclic) bond motifs is 9. The molecule has 0 radical (unpaired) electrons. The van der Waals surface area contributed by atoms with Crippen LogP contribution in [0.3, 0.4) is 0 Å². The normalized spacial score (nSPS) is 13.3. The molecule has 53 heavy (non-hydrogen) atoms. The van der Waals surface area contributed by atoms with E-state index in [9.17, 15) is 0 Å². The molecule has 0 fully saturated rings. The van der Waals surface area contributed by atoms with Gasteiger partial charge in [-0.05, 0) is 87.7 Å². The Balaban J connectivity index is 1.08. The van der Waals surface area contributed by atoms with Crippen LogP contribution in [-0.4, -0.2) is 11.3 Å². The molecular formula is C48H30BN3S. The molecule has 9 aromatic rings. The predicted molar refractivity (Wildman–Crippen MR) is 225 cm³/mol. The summed E-state index contributed by atoms with van der Waals surface area (Å²) >= 11 is 1.84. The minimum Gasteiger partial charge on any atom is -0.356 e. The second-order valence-corrected chi connectivity index (χ2v) is 15.2. The van der Waals surface area contributed by atoms with Gasteiger partial charge in [0.25, 0.3) is 6.71 Å². The van der Waals surface area contributed by atoms with Crippen LogP contribution in [0.2, 0.25) is 0 Å². The molecule has 0 bridgehead atoms. The number of nitrogens with zero attached hydrogens (tertiary/aromatic N) is 2. The highest BCUT2D eigenvalue weighted by Gasteiger charge is 2.40. The smallest absolute Gasteiger partial charge is 0.252 e. The predicted octanol–water partition coefficient (Wildman–Crippen LogP) is 10.9. The monoisotopic (exact) mass is 691 g/mol. The third kappa shape index (κ3) is 4.14. The molecular weight excluding hydrogens is 661 g/mol. The molecule has 3 aliphatic heterocycles. The summed E-state index contributed by atoms with van der Waals surface area (Å²) in [5, 5.41) is 6.62. The second-order valence-electron chi connectivity index (χ2n) is 14.2. The van der Waals surface area contributed by atoms with E-state index in [0.717, 1.165) is 5.69 Å². The van der Waals surface area contributed by atoms with Gasteiger partial charge in [0.05, 0.1) is 16.9 Å². The number of aromatic nitrogens is 1. The Labute approximate surface area is 312 Å². The van der Waals surface area contributed by atoms with E-state index in [-0.39, 0.29) is 6.71 Å². The van der Waals surface area contributed by atoms with Crippen LogP contribution in [0.1, 0.15) is 0 Å². The maximum atomic E-state index is 4.02. The average molecular weight is 692 g/mol. The van der Waals surface area contributed by atoms with E-state index in [1.54, 1.807) is 0 Å². The molecule has 4 heterocycles. The zero-order chi connectivity index (χ0) is 34.6. The molecule has 5 heteroatoms. The van der Waals surface area contributed by atoms with Crippen molar-refractivity contribution in [2.24, 2.45) is 0 Å². The summed E-state index contributed by atoms with van der Waals surface area (Å²) < 4.78 is 2.53. The van der Waals surface area contributed by atoms with Gasteiger partial charge in [0.1, 0.15) is 0 Å². The second kappa shape index (κ2) is 11.0. The Morgan fingerprint density at radius 1 is 0.491 bits per heavy atom. The van der Waals surface area contributed by atoms with E-state index in [0.29, 0.717) is 0 Å². The summed E-state index contributed by atoms with van der Waals surface area (Å²) in [5.74, 6) is 0. The van der Waals surface area contributed by atoms with Crippen molar-refractivity contribution in [3.8, 4) is 27.9 Å². The highest BCUT2D eigenvalue weighted by Crippen LogP contribution is 2.51. The average Bonchev–Trinajstić information content (AvgIpc) is 3.56. The Kier molecular flexibility index (Phi) is 6.08. The quantitative estimate of drug-likeness (QED) is 0.186. The van der Waals surface area contributed by atoms with Gasteiger partial charge in [0.2, 0.25) is 0 Å². The third-order valence-electron chi connectivity index (χ3n) is 11.4. The lowest BCUT2D eigenvalue weighted by molar-refractivity contribution is 1.17. The van der Waals surface area contributed by atoms with Crippen molar-refractivity contribution in [2.45, 2.75) is 9.79 Å². The summed E-state index contributed by atoms with van der Waals surface area (Å²) in [6.07, 6.45) is 0.